The lowest BCUT2D eigenvalue weighted by Gasteiger charge is -2.16. The van der Waals surface area contributed by atoms with Crippen molar-refractivity contribution in [1.82, 2.24) is 20.1 Å². The van der Waals surface area contributed by atoms with Crippen molar-refractivity contribution in [3.63, 3.8) is 0 Å². The van der Waals surface area contributed by atoms with E-state index < -0.39 is 0 Å². The Bertz CT molecular complexity index is 756. The summed E-state index contributed by atoms with van der Waals surface area (Å²) in [4.78, 5) is 12.5. The maximum atomic E-state index is 12.5. The van der Waals surface area contributed by atoms with Gasteiger partial charge in [0.15, 0.2) is 11.5 Å². The van der Waals surface area contributed by atoms with Crippen LogP contribution >= 0.6 is 0 Å². The number of aryl methyl sites for hydroxylation is 2. The molecule has 7 nitrogen and oxygen atoms in total. The molecule has 0 radical (unpaired) electrons. The predicted octanol–water partition coefficient (Wildman–Crippen LogP) is 1.45. The van der Waals surface area contributed by atoms with Gasteiger partial charge in [-0.1, -0.05) is 0 Å². The number of benzene rings is 1. The summed E-state index contributed by atoms with van der Waals surface area (Å²) in [7, 11) is 0. The molecule has 120 valence electrons. The van der Waals surface area contributed by atoms with Crippen LogP contribution in [0.3, 0.4) is 0 Å². The fraction of sp³-hybridized carbons (Fsp3) is 0.438. The van der Waals surface area contributed by atoms with Gasteiger partial charge in [0.1, 0.15) is 11.6 Å². The van der Waals surface area contributed by atoms with Gasteiger partial charge in [0.2, 0.25) is 6.79 Å². The number of carbonyl (C=O) groups excluding carboxylic acids is 1. The minimum absolute atomic E-state index is 0.0808. The molecule has 4 rings (SSSR count). The first-order valence-corrected chi connectivity index (χ1v) is 7.80. The normalized spacial score (nSPS) is 19.1. The van der Waals surface area contributed by atoms with E-state index in [4.69, 9.17) is 9.47 Å². The molecule has 2 aromatic rings. The second kappa shape index (κ2) is 5.57. The molecule has 0 aliphatic carbocycles. The van der Waals surface area contributed by atoms with E-state index in [1.54, 1.807) is 18.2 Å². The van der Waals surface area contributed by atoms with Crippen molar-refractivity contribution in [2.45, 2.75) is 38.8 Å². The number of hydrogen-bond acceptors (Lipinski definition) is 5. The summed E-state index contributed by atoms with van der Waals surface area (Å²) < 4.78 is 12.7. The van der Waals surface area contributed by atoms with Crippen LogP contribution in [0.15, 0.2) is 18.2 Å². The lowest BCUT2D eigenvalue weighted by atomic mass is 10.1. The van der Waals surface area contributed by atoms with Crippen molar-refractivity contribution < 1.29 is 14.3 Å². The van der Waals surface area contributed by atoms with Crippen LogP contribution in [-0.4, -0.2) is 33.5 Å². The Labute approximate surface area is 133 Å². The molecular formula is C16H18N4O3. The summed E-state index contributed by atoms with van der Waals surface area (Å²) >= 11 is 0. The molecule has 0 fully saturated rings. The average Bonchev–Trinajstić information content (AvgIpc) is 3.10. The summed E-state index contributed by atoms with van der Waals surface area (Å²) in [5.74, 6) is 3.16. The van der Waals surface area contributed by atoms with Crippen molar-refractivity contribution in [2.75, 3.05) is 6.79 Å². The van der Waals surface area contributed by atoms with E-state index in [1.165, 1.54) is 0 Å². The number of amides is 1. The summed E-state index contributed by atoms with van der Waals surface area (Å²) in [5.41, 5.74) is 0.592. The van der Waals surface area contributed by atoms with Gasteiger partial charge in [-0.3, -0.25) is 4.79 Å². The van der Waals surface area contributed by atoms with E-state index in [1.807, 2.05) is 6.92 Å². The van der Waals surface area contributed by atoms with Gasteiger partial charge in [-0.25, -0.2) is 0 Å². The lowest BCUT2D eigenvalue weighted by Crippen LogP contribution is -2.35. The third-order valence-electron chi connectivity index (χ3n) is 4.40. The number of nitrogens with one attached hydrogen (secondary N) is 1. The van der Waals surface area contributed by atoms with Crippen LogP contribution in [0, 0.1) is 6.92 Å². The number of ether oxygens (including phenoxy) is 2. The van der Waals surface area contributed by atoms with Crippen molar-refractivity contribution in [1.29, 1.82) is 0 Å². The fourth-order valence-corrected chi connectivity index (χ4v) is 3.08. The molecule has 2 aliphatic heterocycles. The molecule has 1 N–H and O–H groups in total. The topological polar surface area (TPSA) is 78.3 Å². The number of hydrogen-bond donors (Lipinski definition) is 1. The lowest BCUT2D eigenvalue weighted by molar-refractivity contribution is 0.0932. The summed E-state index contributed by atoms with van der Waals surface area (Å²) in [6, 6.07) is 5.40. The third-order valence-corrected chi connectivity index (χ3v) is 4.40. The molecule has 1 aromatic heterocycles. The molecule has 1 unspecified atom stereocenters. The molecule has 0 spiro atoms. The maximum absolute atomic E-state index is 12.5. The van der Waals surface area contributed by atoms with E-state index >= 15 is 0 Å². The Kier molecular flexibility index (Phi) is 3.40. The summed E-state index contributed by atoms with van der Waals surface area (Å²) in [6.45, 7) is 3.00. The van der Waals surface area contributed by atoms with E-state index in [9.17, 15) is 4.79 Å². The van der Waals surface area contributed by atoms with E-state index in [0.29, 0.717) is 17.1 Å². The Hall–Kier alpha value is -2.57. The molecule has 23 heavy (non-hydrogen) atoms. The molecular weight excluding hydrogens is 296 g/mol. The minimum Gasteiger partial charge on any atom is -0.454 e. The van der Waals surface area contributed by atoms with Crippen molar-refractivity contribution in [3.8, 4) is 11.5 Å². The molecule has 0 bridgehead atoms. The highest BCUT2D eigenvalue weighted by atomic mass is 16.7. The molecule has 1 aromatic carbocycles. The molecule has 1 atom stereocenters. The second-order valence-corrected chi connectivity index (χ2v) is 5.88. The highest BCUT2D eigenvalue weighted by Crippen LogP contribution is 2.32. The second-order valence-electron chi connectivity index (χ2n) is 5.88. The van der Waals surface area contributed by atoms with Gasteiger partial charge in [-0.2, -0.15) is 0 Å². The zero-order valence-electron chi connectivity index (χ0n) is 12.9. The van der Waals surface area contributed by atoms with Crippen molar-refractivity contribution in [3.05, 3.63) is 35.4 Å². The third kappa shape index (κ3) is 2.62. The van der Waals surface area contributed by atoms with Gasteiger partial charge >= 0.3 is 0 Å². The van der Waals surface area contributed by atoms with Gasteiger partial charge in [-0.15, -0.1) is 10.2 Å². The van der Waals surface area contributed by atoms with Crippen LogP contribution in [0.1, 0.15) is 34.8 Å². The predicted molar refractivity (Wildman–Crippen MR) is 81.5 cm³/mol. The van der Waals surface area contributed by atoms with Crippen LogP contribution in [-0.2, 0) is 13.0 Å². The molecule has 0 saturated heterocycles. The molecule has 1 amide bonds. The number of rotatable bonds is 2. The average molecular weight is 314 g/mol. The molecule has 0 saturated carbocycles. The molecule has 7 heteroatoms. The van der Waals surface area contributed by atoms with E-state index in [2.05, 4.69) is 20.1 Å². The number of nitrogens with zero attached hydrogens (tertiary/aromatic N) is 3. The number of carbonyl (C=O) groups is 1. The van der Waals surface area contributed by atoms with E-state index in [-0.39, 0.29) is 18.7 Å². The quantitative estimate of drug-likeness (QED) is 0.908. The fourth-order valence-electron chi connectivity index (χ4n) is 3.08. The van der Waals surface area contributed by atoms with Crippen LogP contribution < -0.4 is 14.8 Å². The zero-order valence-corrected chi connectivity index (χ0v) is 12.9. The van der Waals surface area contributed by atoms with Crippen LogP contribution in [0.5, 0.6) is 11.5 Å². The summed E-state index contributed by atoms with van der Waals surface area (Å²) in [5, 5.41) is 11.4. The Balaban J connectivity index is 1.43. The largest absolute Gasteiger partial charge is 0.454 e. The van der Waals surface area contributed by atoms with Crippen LogP contribution in [0.25, 0.3) is 0 Å². The van der Waals surface area contributed by atoms with Gasteiger partial charge < -0.3 is 19.4 Å². The Morgan fingerprint density at radius 2 is 2.13 bits per heavy atom. The highest BCUT2D eigenvalue weighted by molar-refractivity contribution is 5.95. The molecule has 2 aliphatic rings. The van der Waals surface area contributed by atoms with Gasteiger partial charge in [0, 0.05) is 24.6 Å². The van der Waals surface area contributed by atoms with Crippen molar-refractivity contribution >= 4 is 5.91 Å². The minimum atomic E-state index is -0.0808. The monoisotopic (exact) mass is 314 g/mol. The smallest absolute Gasteiger partial charge is 0.251 e. The van der Waals surface area contributed by atoms with Crippen LogP contribution in [0.4, 0.5) is 0 Å². The van der Waals surface area contributed by atoms with Crippen LogP contribution in [0.2, 0.25) is 0 Å². The first-order valence-electron chi connectivity index (χ1n) is 7.80. The Morgan fingerprint density at radius 1 is 1.26 bits per heavy atom. The SMILES string of the molecule is Cc1nnc2n1CCC(NC(=O)c1ccc3c(c1)OCO3)CC2. The Morgan fingerprint density at radius 3 is 3.04 bits per heavy atom. The highest BCUT2D eigenvalue weighted by Gasteiger charge is 2.22. The first-order chi connectivity index (χ1) is 11.2. The van der Waals surface area contributed by atoms with Gasteiger partial charge in [0.25, 0.3) is 5.91 Å². The van der Waals surface area contributed by atoms with E-state index in [0.717, 1.165) is 37.5 Å². The molecule has 3 heterocycles. The number of fused-ring (bicyclic) bond motifs is 2. The maximum Gasteiger partial charge on any atom is 0.251 e. The van der Waals surface area contributed by atoms with Gasteiger partial charge in [-0.05, 0) is 38.0 Å². The standard InChI is InChI=1S/C16H18N4O3/c1-10-18-19-15-5-3-12(6-7-20(10)15)17-16(21)11-2-4-13-14(8-11)23-9-22-13/h2,4,8,12H,3,5-7,9H2,1H3,(H,17,21). The zero-order chi connectivity index (χ0) is 15.8. The first kappa shape index (κ1) is 14.0. The van der Waals surface area contributed by atoms with Gasteiger partial charge in [0.05, 0.1) is 0 Å². The number of aromatic nitrogens is 3. The van der Waals surface area contributed by atoms with Crippen molar-refractivity contribution in [2.24, 2.45) is 0 Å². The summed E-state index contributed by atoms with van der Waals surface area (Å²) in [6.07, 6.45) is 2.57.